The Morgan fingerprint density at radius 1 is 1.21 bits per heavy atom. The first-order valence-electron chi connectivity index (χ1n) is 8.91. The van der Waals surface area contributed by atoms with E-state index in [9.17, 15) is 9.59 Å². The van der Waals surface area contributed by atoms with Gasteiger partial charge in [0.05, 0.1) is 6.04 Å². The fourth-order valence-electron chi connectivity index (χ4n) is 2.77. The largest absolute Gasteiger partial charge is 0.455 e. The first-order chi connectivity index (χ1) is 14.1. The molecule has 2 aromatic carbocycles. The molecule has 1 N–H and O–H groups in total. The summed E-state index contributed by atoms with van der Waals surface area (Å²) >= 11 is 1.12. The van der Waals surface area contributed by atoms with Crippen LogP contribution in [0.1, 0.15) is 18.5 Å². The number of rotatable bonds is 7. The Bertz CT molecular complexity index is 1020. The number of carbonyl (C=O) groups is 2. The molecule has 1 amide bonds. The summed E-state index contributed by atoms with van der Waals surface area (Å²) in [4.78, 5) is 28.2. The van der Waals surface area contributed by atoms with Crippen molar-refractivity contribution < 1.29 is 28.2 Å². The second kappa shape index (κ2) is 8.44. The minimum atomic E-state index is -0.525. The van der Waals surface area contributed by atoms with E-state index < -0.39 is 11.9 Å². The summed E-state index contributed by atoms with van der Waals surface area (Å²) in [6.45, 7) is 1.67. The van der Waals surface area contributed by atoms with Gasteiger partial charge in [0, 0.05) is 0 Å². The molecule has 3 aromatic rings. The summed E-state index contributed by atoms with van der Waals surface area (Å²) in [5.74, 6) is 0.403. The molecule has 29 heavy (non-hydrogen) atoms. The fourth-order valence-corrected chi connectivity index (χ4v) is 3.41. The third-order valence-electron chi connectivity index (χ3n) is 4.23. The molecule has 1 atom stereocenters. The normalized spacial score (nSPS) is 13.3. The number of thioether (sulfide) groups is 1. The maximum atomic E-state index is 12.1. The molecule has 4 rings (SSSR count). The lowest BCUT2D eigenvalue weighted by atomic mass is 10.1. The highest BCUT2D eigenvalue weighted by molar-refractivity contribution is 7.99. The van der Waals surface area contributed by atoms with Crippen molar-refractivity contribution in [1.29, 1.82) is 0 Å². The maximum Gasteiger partial charge on any atom is 0.316 e. The molecule has 0 radical (unpaired) electrons. The first kappa shape index (κ1) is 19.1. The van der Waals surface area contributed by atoms with Gasteiger partial charge in [0.25, 0.3) is 11.1 Å². The van der Waals surface area contributed by atoms with Crippen LogP contribution in [-0.4, -0.2) is 36.0 Å². The van der Waals surface area contributed by atoms with Crippen LogP contribution in [0.15, 0.2) is 52.1 Å². The molecule has 1 aliphatic rings. The predicted octanol–water partition coefficient (Wildman–Crippen LogP) is 3.07. The highest BCUT2D eigenvalue weighted by Gasteiger charge is 2.18. The van der Waals surface area contributed by atoms with Gasteiger partial charge in [-0.3, -0.25) is 9.59 Å². The van der Waals surface area contributed by atoms with Crippen LogP contribution in [0.25, 0.3) is 11.1 Å². The minimum absolute atomic E-state index is 0.00217. The lowest BCUT2D eigenvalue weighted by Crippen LogP contribution is -2.31. The Morgan fingerprint density at radius 2 is 2.03 bits per heavy atom. The van der Waals surface area contributed by atoms with E-state index in [2.05, 4.69) is 10.3 Å². The number of hydrogen-bond donors (Lipinski definition) is 1. The molecule has 0 saturated heterocycles. The van der Waals surface area contributed by atoms with Crippen LogP contribution in [0, 0.1) is 0 Å². The number of carbonyl (C=O) groups excluding carboxylic acids is 2. The summed E-state index contributed by atoms with van der Waals surface area (Å²) in [6.07, 6.45) is 0. The van der Waals surface area contributed by atoms with Gasteiger partial charge in [-0.15, -0.1) is 0 Å². The van der Waals surface area contributed by atoms with E-state index in [1.54, 1.807) is 12.1 Å². The first-order valence-corrected chi connectivity index (χ1v) is 9.90. The van der Waals surface area contributed by atoms with Gasteiger partial charge in [-0.25, -0.2) is 4.98 Å². The van der Waals surface area contributed by atoms with E-state index in [4.69, 9.17) is 18.6 Å². The van der Waals surface area contributed by atoms with Gasteiger partial charge in [-0.05, 0) is 36.8 Å². The van der Waals surface area contributed by atoms with Gasteiger partial charge in [0.1, 0.15) is 11.3 Å². The third kappa shape index (κ3) is 4.62. The number of nitrogens with one attached hydrogen (secondary N) is 1. The van der Waals surface area contributed by atoms with Crippen LogP contribution >= 0.6 is 11.8 Å². The Balaban J connectivity index is 1.22. The SMILES string of the molecule is C[C@@H](NC(=O)COC(=O)CSc1nc2ccccc2o1)c1ccc2c(c1)OCO2. The van der Waals surface area contributed by atoms with Gasteiger partial charge < -0.3 is 23.9 Å². The van der Waals surface area contributed by atoms with E-state index in [0.29, 0.717) is 22.3 Å². The van der Waals surface area contributed by atoms with Crippen LogP contribution in [0.3, 0.4) is 0 Å². The van der Waals surface area contributed by atoms with E-state index in [1.165, 1.54) is 0 Å². The number of nitrogens with zero attached hydrogens (tertiary/aromatic N) is 1. The van der Waals surface area contributed by atoms with Crippen LogP contribution in [0.4, 0.5) is 0 Å². The average molecular weight is 414 g/mol. The molecule has 0 saturated carbocycles. The van der Waals surface area contributed by atoms with Crippen molar-refractivity contribution in [3.05, 3.63) is 48.0 Å². The van der Waals surface area contributed by atoms with E-state index in [1.807, 2.05) is 37.3 Å². The van der Waals surface area contributed by atoms with Crippen molar-refractivity contribution in [2.45, 2.75) is 18.2 Å². The lowest BCUT2D eigenvalue weighted by Gasteiger charge is -2.14. The monoisotopic (exact) mass is 414 g/mol. The zero-order valence-electron chi connectivity index (χ0n) is 15.5. The molecule has 150 valence electrons. The van der Waals surface area contributed by atoms with Gasteiger partial charge in [-0.1, -0.05) is 30.0 Å². The summed E-state index contributed by atoms with van der Waals surface area (Å²) in [7, 11) is 0. The fraction of sp³-hybridized carbons (Fsp3) is 0.250. The Hall–Kier alpha value is -3.20. The predicted molar refractivity (Wildman–Crippen MR) is 105 cm³/mol. The van der Waals surface area contributed by atoms with Crippen LogP contribution in [0.5, 0.6) is 11.5 Å². The summed E-state index contributed by atoms with van der Waals surface area (Å²) < 4.78 is 21.2. The topological polar surface area (TPSA) is 99.9 Å². The molecule has 8 nitrogen and oxygen atoms in total. The standard InChI is InChI=1S/C20H18N2O6S/c1-12(13-6-7-16-17(8-13)27-11-26-16)21-18(23)9-25-19(24)10-29-20-22-14-4-2-3-5-15(14)28-20/h2-8,12H,9-11H2,1H3,(H,21,23)/t12-/m1/s1. The Kier molecular flexibility index (Phi) is 5.57. The van der Waals surface area contributed by atoms with Crippen LogP contribution in [-0.2, 0) is 14.3 Å². The molecule has 0 bridgehead atoms. The summed E-state index contributed by atoms with van der Waals surface area (Å²) in [6, 6.07) is 12.5. The van der Waals surface area contributed by atoms with Gasteiger partial charge in [-0.2, -0.15) is 0 Å². The van der Waals surface area contributed by atoms with Gasteiger partial charge >= 0.3 is 5.97 Å². The molecule has 0 spiro atoms. The number of ether oxygens (including phenoxy) is 3. The maximum absolute atomic E-state index is 12.1. The van der Waals surface area contributed by atoms with Crippen LogP contribution in [0.2, 0.25) is 0 Å². The van der Waals surface area contributed by atoms with Crippen molar-refractivity contribution in [2.24, 2.45) is 0 Å². The molecular formula is C20H18N2O6S. The van der Waals surface area contributed by atoms with E-state index >= 15 is 0 Å². The number of esters is 1. The number of oxazole rings is 1. The molecule has 0 unspecified atom stereocenters. The minimum Gasteiger partial charge on any atom is -0.455 e. The number of hydrogen-bond acceptors (Lipinski definition) is 8. The molecule has 9 heteroatoms. The quantitative estimate of drug-likeness (QED) is 0.465. The highest BCUT2D eigenvalue weighted by atomic mass is 32.2. The molecule has 1 aromatic heterocycles. The molecule has 0 fully saturated rings. The molecule has 0 aliphatic carbocycles. The Morgan fingerprint density at radius 3 is 2.90 bits per heavy atom. The number of amides is 1. The van der Waals surface area contributed by atoms with Crippen molar-refractivity contribution >= 4 is 34.7 Å². The lowest BCUT2D eigenvalue weighted by molar-refractivity contribution is -0.146. The van der Waals surface area contributed by atoms with Gasteiger partial charge in [0.15, 0.2) is 23.7 Å². The zero-order valence-corrected chi connectivity index (χ0v) is 16.4. The third-order valence-corrected chi connectivity index (χ3v) is 5.03. The number of para-hydroxylation sites is 2. The van der Waals surface area contributed by atoms with Gasteiger partial charge in [0.2, 0.25) is 6.79 Å². The average Bonchev–Trinajstić information content (AvgIpc) is 3.36. The summed E-state index contributed by atoms with van der Waals surface area (Å²) in [5.41, 5.74) is 2.24. The Labute approximate surface area is 170 Å². The second-order valence-corrected chi connectivity index (χ2v) is 7.23. The van der Waals surface area contributed by atoms with E-state index in [-0.39, 0.29) is 25.2 Å². The van der Waals surface area contributed by atoms with Crippen molar-refractivity contribution in [1.82, 2.24) is 10.3 Å². The number of aromatic nitrogens is 1. The molecule has 2 heterocycles. The van der Waals surface area contributed by atoms with Crippen molar-refractivity contribution in [2.75, 3.05) is 19.2 Å². The number of benzene rings is 2. The van der Waals surface area contributed by atoms with Crippen LogP contribution < -0.4 is 14.8 Å². The molecular weight excluding hydrogens is 396 g/mol. The number of fused-ring (bicyclic) bond motifs is 2. The second-order valence-electron chi connectivity index (χ2n) is 6.30. The zero-order chi connectivity index (χ0) is 20.2. The van der Waals surface area contributed by atoms with E-state index in [0.717, 1.165) is 22.8 Å². The molecule has 1 aliphatic heterocycles. The van der Waals surface area contributed by atoms with Crippen molar-refractivity contribution in [3.8, 4) is 11.5 Å². The smallest absolute Gasteiger partial charge is 0.316 e. The summed E-state index contributed by atoms with van der Waals surface area (Å²) in [5, 5.41) is 3.16. The highest BCUT2D eigenvalue weighted by Crippen LogP contribution is 2.34. The van der Waals surface area contributed by atoms with Crippen molar-refractivity contribution in [3.63, 3.8) is 0 Å².